The van der Waals surface area contributed by atoms with Gasteiger partial charge in [-0.2, -0.15) is 13.5 Å². The summed E-state index contributed by atoms with van der Waals surface area (Å²) in [5.41, 5.74) is -1.07. The number of hydrogen-bond donors (Lipinski definition) is 2. The molecule has 2 rings (SSSR count). The first-order valence-corrected chi connectivity index (χ1v) is 7.96. The first kappa shape index (κ1) is 17.8. The first-order valence-electron chi connectivity index (χ1n) is 6.48. The lowest BCUT2D eigenvalue weighted by Crippen LogP contribution is -2.18. The fourth-order valence-corrected chi connectivity index (χ4v) is 2.61. The molecule has 0 spiro atoms. The van der Waals surface area contributed by atoms with Gasteiger partial charge in [0.15, 0.2) is 0 Å². The third kappa shape index (κ3) is 4.06. The minimum absolute atomic E-state index is 0.0871. The van der Waals surface area contributed by atoms with Crippen LogP contribution in [0.5, 0.6) is 5.75 Å². The van der Waals surface area contributed by atoms with E-state index < -0.39 is 37.0 Å². The van der Waals surface area contributed by atoms with Crippen molar-refractivity contribution in [3.63, 3.8) is 0 Å². The van der Waals surface area contributed by atoms with Crippen molar-refractivity contribution < 1.29 is 23.4 Å². The Labute approximate surface area is 140 Å². The Hall–Kier alpha value is -3.54. The van der Waals surface area contributed by atoms with Crippen LogP contribution in [0.3, 0.4) is 0 Å². The molecule has 25 heavy (non-hydrogen) atoms. The molecule has 0 aliphatic rings. The van der Waals surface area contributed by atoms with Crippen LogP contribution in [0.15, 0.2) is 52.5 Å². The zero-order chi connectivity index (χ0) is 18.6. The second-order valence-corrected chi connectivity index (χ2v) is 6.24. The molecule has 0 fully saturated rings. The standard InChI is InChI=1S/C13H10N4O7S/c18-13-9(3-1-6-12(13)17(21)22)8-14-15-25(23,24)11-5-2-4-10(7-11)16(19)20/h1-8,15,18H. The molecule has 0 unspecified atom stereocenters. The van der Waals surface area contributed by atoms with Gasteiger partial charge in [0.2, 0.25) is 5.75 Å². The van der Waals surface area contributed by atoms with Gasteiger partial charge in [0, 0.05) is 23.8 Å². The molecule has 0 saturated heterocycles. The SMILES string of the molecule is O=[N+]([O-])c1cccc(S(=O)(=O)NN=Cc2cccc([N+](=O)[O-])c2O)c1. The monoisotopic (exact) mass is 366 g/mol. The smallest absolute Gasteiger partial charge is 0.311 e. The molecule has 130 valence electrons. The fourth-order valence-electron chi connectivity index (χ4n) is 1.78. The summed E-state index contributed by atoms with van der Waals surface area (Å²) in [5, 5.41) is 34.5. The summed E-state index contributed by atoms with van der Waals surface area (Å²) in [6.45, 7) is 0. The third-order valence-corrected chi connectivity index (χ3v) is 4.18. The summed E-state index contributed by atoms with van der Waals surface area (Å²) in [6, 6.07) is 7.95. The Balaban J connectivity index is 2.24. The maximum atomic E-state index is 12.0. The average Bonchev–Trinajstić information content (AvgIpc) is 2.56. The predicted molar refractivity (Wildman–Crippen MR) is 85.8 cm³/mol. The van der Waals surface area contributed by atoms with Crippen molar-refractivity contribution in [1.82, 2.24) is 4.83 Å². The van der Waals surface area contributed by atoms with Gasteiger partial charge in [-0.15, -0.1) is 0 Å². The van der Waals surface area contributed by atoms with Gasteiger partial charge in [-0.1, -0.05) is 12.1 Å². The van der Waals surface area contributed by atoms with E-state index in [2.05, 4.69) is 5.10 Å². The van der Waals surface area contributed by atoms with Crippen LogP contribution in [0, 0.1) is 20.2 Å². The zero-order valence-electron chi connectivity index (χ0n) is 12.3. The zero-order valence-corrected chi connectivity index (χ0v) is 13.1. The summed E-state index contributed by atoms with van der Waals surface area (Å²) in [6.07, 6.45) is 0.872. The fraction of sp³-hybridized carbons (Fsp3) is 0. The van der Waals surface area contributed by atoms with E-state index in [0.29, 0.717) is 0 Å². The Morgan fingerprint density at radius 3 is 2.40 bits per heavy atom. The van der Waals surface area contributed by atoms with Crippen LogP contribution in [0.25, 0.3) is 0 Å². The van der Waals surface area contributed by atoms with Crippen LogP contribution in [-0.2, 0) is 10.0 Å². The normalized spacial score (nSPS) is 11.4. The van der Waals surface area contributed by atoms with Crippen LogP contribution in [0.1, 0.15) is 5.56 Å². The van der Waals surface area contributed by atoms with Gasteiger partial charge in [0.25, 0.3) is 15.7 Å². The highest BCUT2D eigenvalue weighted by atomic mass is 32.2. The molecule has 0 saturated carbocycles. The highest BCUT2D eigenvalue weighted by Gasteiger charge is 2.18. The lowest BCUT2D eigenvalue weighted by atomic mass is 10.2. The van der Waals surface area contributed by atoms with Crippen molar-refractivity contribution in [1.29, 1.82) is 0 Å². The van der Waals surface area contributed by atoms with Gasteiger partial charge in [0.1, 0.15) is 0 Å². The topological polar surface area (TPSA) is 165 Å². The van der Waals surface area contributed by atoms with Crippen molar-refractivity contribution >= 4 is 27.6 Å². The number of nitrogens with zero attached hydrogens (tertiary/aromatic N) is 3. The minimum atomic E-state index is -4.19. The third-order valence-electron chi connectivity index (χ3n) is 2.96. The molecule has 0 aliphatic heterocycles. The van der Waals surface area contributed by atoms with Crippen molar-refractivity contribution in [3.8, 4) is 5.75 Å². The number of phenols is 1. The molecule has 0 heterocycles. The van der Waals surface area contributed by atoms with E-state index in [1.165, 1.54) is 18.2 Å². The number of rotatable bonds is 6. The molecule has 2 aromatic carbocycles. The molecule has 0 radical (unpaired) electrons. The first-order chi connectivity index (χ1) is 11.7. The lowest BCUT2D eigenvalue weighted by molar-refractivity contribution is -0.385. The van der Waals surface area contributed by atoms with E-state index in [0.717, 1.165) is 30.5 Å². The number of nitro benzene ring substituents is 2. The van der Waals surface area contributed by atoms with Crippen LogP contribution in [-0.4, -0.2) is 29.6 Å². The Morgan fingerprint density at radius 2 is 1.76 bits per heavy atom. The molecule has 0 bridgehead atoms. The predicted octanol–water partition coefficient (Wildman–Crippen LogP) is 1.52. The summed E-state index contributed by atoms with van der Waals surface area (Å²) in [7, 11) is -4.19. The molecule has 0 aromatic heterocycles. The molecular formula is C13H10N4O7S. The van der Waals surface area contributed by atoms with E-state index in [-0.39, 0.29) is 10.5 Å². The van der Waals surface area contributed by atoms with Gasteiger partial charge in [-0.05, 0) is 12.1 Å². The molecule has 0 atom stereocenters. The van der Waals surface area contributed by atoms with Crippen molar-refractivity contribution in [2.45, 2.75) is 4.90 Å². The van der Waals surface area contributed by atoms with Gasteiger partial charge >= 0.3 is 5.69 Å². The number of hydrazone groups is 1. The van der Waals surface area contributed by atoms with Gasteiger partial charge in [-0.3, -0.25) is 20.2 Å². The van der Waals surface area contributed by atoms with Crippen molar-refractivity contribution in [2.24, 2.45) is 5.10 Å². The number of phenolic OH excluding ortho intramolecular Hbond substituents is 1. The Kier molecular flexibility index (Phi) is 4.93. The van der Waals surface area contributed by atoms with E-state index in [9.17, 15) is 33.8 Å². The second-order valence-electron chi connectivity index (χ2n) is 4.58. The number of nitrogens with one attached hydrogen (secondary N) is 1. The summed E-state index contributed by atoms with van der Waals surface area (Å²) < 4.78 is 24.1. The molecule has 11 nitrogen and oxygen atoms in total. The molecule has 0 amide bonds. The van der Waals surface area contributed by atoms with Crippen LogP contribution >= 0.6 is 0 Å². The largest absolute Gasteiger partial charge is 0.502 e. The number of sulfonamides is 1. The Bertz CT molecular complexity index is 972. The number of aromatic hydroxyl groups is 1. The quantitative estimate of drug-likeness (QED) is 0.444. The van der Waals surface area contributed by atoms with Crippen LogP contribution in [0.4, 0.5) is 11.4 Å². The molecule has 2 N–H and O–H groups in total. The summed E-state index contributed by atoms with van der Waals surface area (Å²) in [4.78, 5) is 21.3. The van der Waals surface area contributed by atoms with Crippen LogP contribution in [0.2, 0.25) is 0 Å². The van der Waals surface area contributed by atoms with E-state index in [1.54, 1.807) is 4.83 Å². The van der Waals surface area contributed by atoms with E-state index in [4.69, 9.17) is 0 Å². The highest BCUT2D eigenvalue weighted by molar-refractivity contribution is 7.89. The van der Waals surface area contributed by atoms with Gasteiger partial charge < -0.3 is 5.11 Å². The van der Waals surface area contributed by atoms with Gasteiger partial charge in [-0.25, -0.2) is 4.83 Å². The number of para-hydroxylation sites is 1. The maximum absolute atomic E-state index is 12.0. The van der Waals surface area contributed by atoms with E-state index >= 15 is 0 Å². The molecule has 12 heteroatoms. The molecule has 2 aromatic rings. The second kappa shape index (κ2) is 6.92. The highest BCUT2D eigenvalue weighted by Crippen LogP contribution is 2.28. The van der Waals surface area contributed by atoms with Crippen LogP contribution < -0.4 is 4.83 Å². The average molecular weight is 366 g/mol. The summed E-state index contributed by atoms with van der Waals surface area (Å²) >= 11 is 0. The number of benzene rings is 2. The molecule has 0 aliphatic carbocycles. The Morgan fingerprint density at radius 1 is 1.08 bits per heavy atom. The minimum Gasteiger partial charge on any atom is -0.502 e. The van der Waals surface area contributed by atoms with Crippen molar-refractivity contribution in [3.05, 3.63) is 68.3 Å². The van der Waals surface area contributed by atoms with E-state index in [1.807, 2.05) is 0 Å². The number of hydrogen-bond acceptors (Lipinski definition) is 8. The summed E-state index contributed by atoms with van der Waals surface area (Å²) in [5.74, 6) is -0.675. The lowest BCUT2D eigenvalue weighted by Gasteiger charge is -2.03. The number of nitro groups is 2. The van der Waals surface area contributed by atoms with Crippen molar-refractivity contribution in [2.75, 3.05) is 0 Å². The molecular weight excluding hydrogens is 356 g/mol. The maximum Gasteiger partial charge on any atom is 0.311 e. The van der Waals surface area contributed by atoms with Gasteiger partial charge in [0.05, 0.1) is 21.0 Å². The number of non-ortho nitro benzene ring substituents is 1.